The fourth-order valence-corrected chi connectivity index (χ4v) is 2.49. The zero-order valence-electron chi connectivity index (χ0n) is 9.71. The molecule has 1 N–H and O–H groups in total. The summed E-state index contributed by atoms with van der Waals surface area (Å²) in [5.41, 5.74) is 2.34. The van der Waals surface area contributed by atoms with Gasteiger partial charge in [-0.3, -0.25) is 9.88 Å². The monoisotopic (exact) mass is 228 g/mol. The molecule has 1 aromatic carbocycles. The zero-order valence-corrected chi connectivity index (χ0v) is 9.71. The van der Waals surface area contributed by atoms with E-state index in [1.165, 1.54) is 10.9 Å². The molecule has 0 radical (unpaired) electrons. The number of pyridine rings is 1. The van der Waals surface area contributed by atoms with Crippen LogP contribution in [0.3, 0.4) is 0 Å². The summed E-state index contributed by atoms with van der Waals surface area (Å²) in [6.45, 7) is 2.68. The molecule has 2 aromatic rings. The van der Waals surface area contributed by atoms with Crippen molar-refractivity contribution in [3.05, 3.63) is 42.1 Å². The van der Waals surface area contributed by atoms with E-state index in [4.69, 9.17) is 0 Å². The lowest BCUT2D eigenvalue weighted by Crippen LogP contribution is -2.21. The third kappa shape index (κ3) is 2.16. The molecule has 1 aliphatic heterocycles. The summed E-state index contributed by atoms with van der Waals surface area (Å²) in [6, 6.07) is 10.3. The maximum absolute atomic E-state index is 9.54. The molecule has 0 bridgehead atoms. The first-order chi connectivity index (χ1) is 8.33. The van der Waals surface area contributed by atoms with Crippen LogP contribution < -0.4 is 0 Å². The van der Waals surface area contributed by atoms with Gasteiger partial charge in [-0.25, -0.2) is 0 Å². The van der Waals surface area contributed by atoms with E-state index in [1.54, 1.807) is 0 Å². The normalized spacial score (nSPS) is 21.1. The van der Waals surface area contributed by atoms with Crippen LogP contribution in [0.5, 0.6) is 0 Å². The molecule has 3 nitrogen and oxygen atoms in total. The molecule has 88 valence electrons. The average molecular weight is 228 g/mol. The molecule has 0 spiro atoms. The number of para-hydroxylation sites is 1. The van der Waals surface area contributed by atoms with E-state index in [0.29, 0.717) is 0 Å². The van der Waals surface area contributed by atoms with Crippen LogP contribution in [0.1, 0.15) is 12.0 Å². The third-order valence-corrected chi connectivity index (χ3v) is 3.38. The maximum Gasteiger partial charge on any atom is 0.0705 e. The Balaban J connectivity index is 1.90. The number of fused-ring (bicyclic) bond motifs is 1. The van der Waals surface area contributed by atoms with Crippen molar-refractivity contribution in [3.63, 3.8) is 0 Å². The molecule has 1 atom stereocenters. The third-order valence-electron chi connectivity index (χ3n) is 3.38. The van der Waals surface area contributed by atoms with Crippen LogP contribution in [-0.2, 0) is 6.54 Å². The number of benzene rings is 1. The van der Waals surface area contributed by atoms with Gasteiger partial charge in [0.25, 0.3) is 0 Å². The second-order valence-corrected chi connectivity index (χ2v) is 4.66. The van der Waals surface area contributed by atoms with E-state index in [-0.39, 0.29) is 6.10 Å². The Kier molecular flexibility index (Phi) is 2.79. The Morgan fingerprint density at radius 3 is 3.00 bits per heavy atom. The Hall–Kier alpha value is -1.45. The standard InChI is InChI=1S/C14H16N2O/c17-12-6-8-16(10-12)9-11-5-7-15-14-4-2-1-3-13(11)14/h1-5,7,12,17H,6,8-10H2/t12-/m1/s1. The molecule has 1 saturated heterocycles. The van der Waals surface area contributed by atoms with Crippen LogP contribution in [0.25, 0.3) is 10.9 Å². The summed E-state index contributed by atoms with van der Waals surface area (Å²) in [5.74, 6) is 0. The first-order valence-corrected chi connectivity index (χ1v) is 6.06. The van der Waals surface area contributed by atoms with E-state index in [0.717, 1.165) is 31.6 Å². The van der Waals surface area contributed by atoms with E-state index >= 15 is 0 Å². The van der Waals surface area contributed by atoms with Crippen LogP contribution >= 0.6 is 0 Å². The first-order valence-electron chi connectivity index (χ1n) is 6.06. The SMILES string of the molecule is O[C@@H]1CCN(Cc2ccnc3ccccc23)C1. The highest BCUT2D eigenvalue weighted by atomic mass is 16.3. The quantitative estimate of drug-likeness (QED) is 0.851. The lowest BCUT2D eigenvalue weighted by molar-refractivity contribution is 0.175. The van der Waals surface area contributed by atoms with Crippen LogP contribution in [0, 0.1) is 0 Å². The van der Waals surface area contributed by atoms with Gasteiger partial charge in [0.05, 0.1) is 11.6 Å². The second kappa shape index (κ2) is 4.43. The highest BCUT2D eigenvalue weighted by Crippen LogP contribution is 2.20. The maximum atomic E-state index is 9.54. The summed E-state index contributed by atoms with van der Waals surface area (Å²) in [6.07, 6.45) is 2.61. The van der Waals surface area contributed by atoms with Gasteiger partial charge in [0, 0.05) is 31.2 Å². The van der Waals surface area contributed by atoms with E-state index < -0.39 is 0 Å². The molecule has 0 aliphatic carbocycles. The molecule has 1 aromatic heterocycles. The number of nitrogens with zero attached hydrogens (tertiary/aromatic N) is 2. The Morgan fingerprint density at radius 1 is 1.29 bits per heavy atom. The van der Waals surface area contributed by atoms with Crippen molar-refractivity contribution in [1.82, 2.24) is 9.88 Å². The highest BCUT2D eigenvalue weighted by Gasteiger charge is 2.20. The first kappa shape index (κ1) is 10.7. The minimum atomic E-state index is -0.150. The van der Waals surface area contributed by atoms with Crippen molar-refractivity contribution in [3.8, 4) is 0 Å². The predicted molar refractivity (Wildman–Crippen MR) is 67.6 cm³/mol. The molecule has 17 heavy (non-hydrogen) atoms. The molecular formula is C14H16N2O. The van der Waals surface area contributed by atoms with Crippen molar-refractivity contribution < 1.29 is 5.11 Å². The summed E-state index contributed by atoms with van der Waals surface area (Å²) in [5, 5.41) is 10.8. The van der Waals surface area contributed by atoms with Crippen LogP contribution in [0.4, 0.5) is 0 Å². The van der Waals surface area contributed by atoms with Gasteiger partial charge in [-0.05, 0) is 24.1 Å². The number of hydrogen-bond acceptors (Lipinski definition) is 3. The Labute approximate surface area is 101 Å². The van der Waals surface area contributed by atoms with Gasteiger partial charge in [0.15, 0.2) is 0 Å². The minimum Gasteiger partial charge on any atom is -0.392 e. The van der Waals surface area contributed by atoms with Gasteiger partial charge in [0.2, 0.25) is 0 Å². The number of β-amino-alcohol motifs (C(OH)–C–C–N with tert-alkyl or cyclic N) is 1. The van der Waals surface area contributed by atoms with E-state index in [9.17, 15) is 5.11 Å². The molecule has 2 heterocycles. The molecule has 0 amide bonds. The number of aliphatic hydroxyl groups is 1. The zero-order chi connectivity index (χ0) is 11.7. The van der Waals surface area contributed by atoms with Crippen molar-refractivity contribution in [1.29, 1.82) is 0 Å². The minimum absolute atomic E-state index is 0.150. The van der Waals surface area contributed by atoms with Gasteiger partial charge < -0.3 is 5.11 Å². The number of aromatic nitrogens is 1. The van der Waals surface area contributed by atoms with Gasteiger partial charge in [-0.1, -0.05) is 18.2 Å². The summed E-state index contributed by atoms with van der Waals surface area (Å²) in [4.78, 5) is 6.66. The lowest BCUT2D eigenvalue weighted by atomic mass is 10.1. The van der Waals surface area contributed by atoms with Crippen LogP contribution in [-0.4, -0.2) is 34.2 Å². The lowest BCUT2D eigenvalue weighted by Gasteiger charge is -2.16. The van der Waals surface area contributed by atoms with Crippen LogP contribution in [0.15, 0.2) is 36.5 Å². The Morgan fingerprint density at radius 2 is 2.18 bits per heavy atom. The molecule has 3 heteroatoms. The molecule has 3 rings (SSSR count). The molecule has 0 unspecified atom stereocenters. The molecular weight excluding hydrogens is 212 g/mol. The van der Waals surface area contributed by atoms with Crippen molar-refractivity contribution >= 4 is 10.9 Å². The Bertz CT molecular complexity index is 521. The number of likely N-dealkylation sites (tertiary alicyclic amines) is 1. The molecule has 1 aliphatic rings. The smallest absolute Gasteiger partial charge is 0.0705 e. The number of aliphatic hydroxyl groups excluding tert-OH is 1. The van der Waals surface area contributed by atoms with Gasteiger partial charge in [-0.2, -0.15) is 0 Å². The second-order valence-electron chi connectivity index (χ2n) is 4.66. The summed E-state index contributed by atoms with van der Waals surface area (Å²) >= 11 is 0. The van der Waals surface area contributed by atoms with Gasteiger partial charge in [0.1, 0.15) is 0 Å². The predicted octanol–water partition coefficient (Wildman–Crippen LogP) is 1.80. The van der Waals surface area contributed by atoms with Gasteiger partial charge >= 0.3 is 0 Å². The average Bonchev–Trinajstić information content (AvgIpc) is 2.75. The topological polar surface area (TPSA) is 36.4 Å². The molecule has 1 fully saturated rings. The highest BCUT2D eigenvalue weighted by molar-refractivity contribution is 5.81. The van der Waals surface area contributed by atoms with E-state index in [1.807, 2.05) is 24.4 Å². The van der Waals surface area contributed by atoms with E-state index in [2.05, 4.69) is 22.0 Å². The van der Waals surface area contributed by atoms with Crippen molar-refractivity contribution in [2.45, 2.75) is 19.1 Å². The largest absolute Gasteiger partial charge is 0.392 e. The number of rotatable bonds is 2. The fourth-order valence-electron chi connectivity index (χ4n) is 2.49. The van der Waals surface area contributed by atoms with Crippen LogP contribution in [0.2, 0.25) is 0 Å². The molecule has 0 saturated carbocycles. The van der Waals surface area contributed by atoms with Gasteiger partial charge in [-0.15, -0.1) is 0 Å². The fraction of sp³-hybridized carbons (Fsp3) is 0.357. The van der Waals surface area contributed by atoms with Crippen molar-refractivity contribution in [2.75, 3.05) is 13.1 Å². The number of hydrogen-bond donors (Lipinski definition) is 1. The summed E-state index contributed by atoms with van der Waals surface area (Å²) < 4.78 is 0. The summed E-state index contributed by atoms with van der Waals surface area (Å²) in [7, 11) is 0. The van der Waals surface area contributed by atoms with Crippen molar-refractivity contribution in [2.24, 2.45) is 0 Å².